The number of hydrogen-bond donors (Lipinski definition) is 1. The van der Waals surface area contributed by atoms with Crippen LogP contribution in [0.1, 0.15) is 22.0 Å². The number of benzene rings is 3. The highest BCUT2D eigenvalue weighted by Crippen LogP contribution is 2.22. The Labute approximate surface area is 158 Å². The van der Waals surface area contributed by atoms with E-state index in [0.717, 1.165) is 24.3 Å². The van der Waals surface area contributed by atoms with Gasteiger partial charge in [0.1, 0.15) is 17.5 Å². The fourth-order valence-corrected chi connectivity index (χ4v) is 2.49. The van der Waals surface area contributed by atoms with Crippen molar-refractivity contribution in [1.29, 1.82) is 0 Å². The van der Waals surface area contributed by atoms with Gasteiger partial charge in [0, 0.05) is 17.3 Å². The largest absolute Gasteiger partial charge is 0.444 e. The van der Waals surface area contributed by atoms with E-state index in [2.05, 4.69) is 5.32 Å². The lowest BCUT2D eigenvalue weighted by atomic mass is 10.1. The summed E-state index contributed by atoms with van der Waals surface area (Å²) in [6.45, 7) is 0. The molecule has 142 valence electrons. The summed E-state index contributed by atoms with van der Waals surface area (Å²) in [5, 5.41) is 2.52. The first kappa shape index (κ1) is 19.2. The van der Waals surface area contributed by atoms with E-state index in [9.17, 15) is 22.8 Å². The van der Waals surface area contributed by atoms with Crippen LogP contribution in [0.15, 0.2) is 72.8 Å². The highest BCUT2D eigenvalue weighted by molar-refractivity contribution is 5.98. The second kappa shape index (κ2) is 8.39. The number of halogens is 3. The first-order valence-corrected chi connectivity index (χ1v) is 8.21. The third-order valence-electron chi connectivity index (χ3n) is 3.78. The molecule has 0 unspecified atom stereocenters. The van der Waals surface area contributed by atoms with Crippen molar-refractivity contribution < 1.29 is 27.5 Å². The summed E-state index contributed by atoms with van der Waals surface area (Å²) in [7, 11) is 0. The third-order valence-corrected chi connectivity index (χ3v) is 3.78. The molecule has 0 saturated carbocycles. The lowest BCUT2D eigenvalue weighted by molar-refractivity contribution is -0.125. The summed E-state index contributed by atoms with van der Waals surface area (Å²) in [6.07, 6.45) is -1.38. The van der Waals surface area contributed by atoms with Crippen LogP contribution in [0.4, 0.5) is 18.9 Å². The quantitative estimate of drug-likeness (QED) is 0.651. The molecule has 1 amide bonds. The van der Waals surface area contributed by atoms with Crippen LogP contribution in [-0.2, 0) is 9.53 Å². The average Bonchev–Trinajstić information content (AvgIpc) is 2.67. The van der Waals surface area contributed by atoms with Crippen LogP contribution in [-0.4, -0.2) is 11.9 Å². The highest BCUT2D eigenvalue weighted by atomic mass is 19.1. The second-order valence-electron chi connectivity index (χ2n) is 5.85. The number of hydrogen-bond acceptors (Lipinski definition) is 3. The zero-order valence-corrected chi connectivity index (χ0v) is 14.4. The third kappa shape index (κ3) is 4.76. The van der Waals surface area contributed by atoms with Crippen LogP contribution in [0.2, 0.25) is 0 Å². The molecule has 0 heterocycles. The first-order chi connectivity index (χ1) is 13.4. The minimum Gasteiger partial charge on any atom is -0.444 e. The Morgan fingerprint density at radius 3 is 2.00 bits per heavy atom. The lowest BCUT2D eigenvalue weighted by Gasteiger charge is -2.18. The summed E-state index contributed by atoms with van der Waals surface area (Å²) < 4.78 is 45.0. The normalized spacial score (nSPS) is 11.5. The Bertz CT molecular complexity index is 971. The van der Waals surface area contributed by atoms with Crippen molar-refractivity contribution in [3.05, 3.63) is 101 Å². The molecule has 28 heavy (non-hydrogen) atoms. The van der Waals surface area contributed by atoms with Gasteiger partial charge in [0.05, 0.1) is 5.56 Å². The van der Waals surface area contributed by atoms with Gasteiger partial charge in [-0.1, -0.05) is 30.3 Å². The van der Waals surface area contributed by atoms with E-state index in [1.54, 1.807) is 30.3 Å². The van der Waals surface area contributed by atoms with E-state index in [4.69, 9.17) is 4.74 Å². The number of esters is 1. The molecule has 7 heteroatoms. The summed E-state index contributed by atoms with van der Waals surface area (Å²) in [5.41, 5.74) is 0.278. The molecule has 3 rings (SSSR count). The van der Waals surface area contributed by atoms with Gasteiger partial charge in [0.25, 0.3) is 5.91 Å². The fourth-order valence-electron chi connectivity index (χ4n) is 2.49. The van der Waals surface area contributed by atoms with Gasteiger partial charge < -0.3 is 10.1 Å². The van der Waals surface area contributed by atoms with Gasteiger partial charge in [0.15, 0.2) is 0 Å². The van der Waals surface area contributed by atoms with Crippen LogP contribution >= 0.6 is 0 Å². The molecule has 0 bridgehead atoms. The number of nitrogens with one attached hydrogen (secondary N) is 1. The molecule has 0 saturated heterocycles. The molecule has 0 aliphatic rings. The number of rotatable bonds is 5. The van der Waals surface area contributed by atoms with Crippen molar-refractivity contribution in [2.24, 2.45) is 0 Å². The maximum atomic E-state index is 13.4. The Morgan fingerprint density at radius 1 is 0.786 bits per heavy atom. The van der Waals surface area contributed by atoms with Crippen LogP contribution in [0.25, 0.3) is 0 Å². The molecular formula is C21H14F3NO3. The van der Waals surface area contributed by atoms with E-state index >= 15 is 0 Å². The van der Waals surface area contributed by atoms with Crippen molar-refractivity contribution in [3.63, 3.8) is 0 Å². The summed E-state index contributed by atoms with van der Waals surface area (Å²) in [4.78, 5) is 25.0. The molecule has 0 aliphatic carbocycles. The van der Waals surface area contributed by atoms with Gasteiger partial charge in [-0.3, -0.25) is 4.79 Å². The molecule has 0 aromatic heterocycles. The molecule has 0 radical (unpaired) electrons. The van der Waals surface area contributed by atoms with E-state index in [1.807, 2.05) is 0 Å². The molecule has 1 N–H and O–H groups in total. The molecule has 0 spiro atoms. The standard InChI is InChI=1S/C21H14F3NO3/c22-15-6-8-18(9-7-15)25-20(26)19(13-4-2-1-3-5-13)28-21(27)14-10-16(23)12-17(24)11-14/h1-12,19H,(H,25,26)/t19-/m1/s1. The predicted octanol–water partition coefficient (Wildman–Crippen LogP) is 4.64. The van der Waals surface area contributed by atoms with E-state index in [1.165, 1.54) is 12.1 Å². The molecule has 0 fully saturated rings. The second-order valence-corrected chi connectivity index (χ2v) is 5.85. The molecular weight excluding hydrogens is 371 g/mol. The van der Waals surface area contributed by atoms with Gasteiger partial charge in [-0.2, -0.15) is 0 Å². The Morgan fingerprint density at radius 2 is 1.39 bits per heavy atom. The fraction of sp³-hybridized carbons (Fsp3) is 0.0476. The molecule has 4 nitrogen and oxygen atoms in total. The van der Waals surface area contributed by atoms with Crippen LogP contribution in [0.5, 0.6) is 0 Å². The molecule has 3 aromatic rings. The Hall–Kier alpha value is -3.61. The van der Waals surface area contributed by atoms with Gasteiger partial charge >= 0.3 is 5.97 Å². The first-order valence-electron chi connectivity index (χ1n) is 8.21. The van der Waals surface area contributed by atoms with Crippen LogP contribution in [0, 0.1) is 17.5 Å². The number of carbonyl (C=O) groups is 2. The molecule has 3 aromatic carbocycles. The van der Waals surface area contributed by atoms with E-state index in [0.29, 0.717) is 17.3 Å². The maximum Gasteiger partial charge on any atom is 0.339 e. The van der Waals surface area contributed by atoms with E-state index in [-0.39, 0.29) is 5.56 Å². The number of anilines is 1. The lowest BCUT2D eigenvalue weighted by Crippen LogP contribution is -2.26. The summed E-state index contributed by atoms with van der Waals surface area (Å²) in [5.74, 6) is -4.14. The van der Waals surface area contributed by atoms with Crippen molar-refractivity contribution in [2.45, 2.75) is 6.10 Å². The van der Waals surface area contributed by atoms with Crippen LogP contribution < -0.4 is 5.32 Å². The van der Waals surface area contributed by atoms with Gasteiger partial charge in [0.2, 0.25) is 6.10 Å². The predicted molar refractivity (Wildman–Crippen MR) is 96.0 cm³/mol. The van der Waals surface area contributed by atoms with Gasteiger partial charge in [-0.25, -0.2) is 18.0 Å². The Kier molecular flexibility index (Phi) is 5.74. The zero-order chi connectivity index (χ0) is 20.1. The Balaban J connectivity index is 1.85. The number of ether oxygens (including phenoxy) is 1. The zero-order valence-electron chi connectivity index (χ0n) is 14.4. The summed E-state index contributed by atoms with van der Waals surface area (Å²) in [6, 6.07) is 15.4. The summed E-state index contributed by atoms with van der Waals surface area (Å²) >= 11 is 0. The van der Waals surface area contributed by atoms with Crippen molar-refractivity contribution in [1.82, 2.24) is 0 Å². The van der Waals surface area contributed by atoms with Crippen molar-refractivity contribution >= 4 is 17.6 Å². The van der Waals surface area contributed by atoms with Gasteiger partial charge in [-0.15, -0.1) is 0 Å². The number of carbonyl (C=O) groups excluding carboxylic acids is 2. The van der Waals surface area contributed by atoms with Crippen molar-refractivity contribution in [3.8, 4) is 0 Å². The minimum absolute atomic E-state index is 0.292. The van der Waals surface area contributed by atoms with E-state index < -0.39 is 35.4 Å². The maximum absolute atomic E-state index is 13.4. The molecule has 1 atom stereocenters. The van der Waals surface area contributed by atoms with Gasteiger partial charge in [-0.05, 0) is 36.4 Å². The highest BCUT2D eigenvalue weighted by Gasteiger charge is 2.26. The minimum atomic E-state index is -1.38. The monoisotopic (exact) mass is 385 g/mol. The topological polar surface area (TPSA) is 55.4 Å². The SMILES string of the molecule is O=C(O[C@@H](C(=O)Nc1ccc(F)cc1)c1ccccc1)c1cc(F)cc(F)c1. The smallest absolute Gasteiger partial charge is 0.339 e. The molecule has 0 aliphatic heterocycles. The number of amides is 1. The van der Waals surface area contributed by atoms with Crippen molar-refractivity contribution in [2.75, 3.05) is 5.32 Å². The average molecular weight is 385 g/mol. The van der Waals surface area contributed by atoms with Crippen LogP contribution in [0.3, 0.4) is 0 Å².